The van der Waals surface area contributed by atoms with Crippen molar-refractivity contribution in [1.29, 1.82) is 0 Å². The molecule has 0 aromatic carbocycles. The highest BCUT2D eigenvalue weighted by Gasteiger charge is 2.24. The fourth-order valence-electron chi connectivity index (χ4n) is 1.83. The largest absolute Gasteiger partial charge is 0.396 e. The Kier molecular flexibility index (Phi) is 5.63. The molecule has 0 bridgehead atoms. The summed E-state index contributed by atoms with van der Waals surface area (Å²) in [5.74, 6) is 0.382. The molecule has 8 heteroatoms. The number of nitro groups is 1. The smallest absolute Gasteiger partial charge is 0.353 e. The van der Waals surface area contributed by atoms with Crippen LogP contribution in [0.4, 0.5) is 17.3 Å². The van der Waals surface area contributed by atoms with Gasteiger partial charge < -0.3 is 15.7 Å². The molecule has 0 amide bonds. The Morgan fingerprint density at radius 1 is 1.40 bits per heavy atom. The van der Waals surface area contributed by atoms with E-state index in [1.165, 1.54) is 6.33 Å². The van der Waals surface area contributed by atoms with Crippen molar-refractivity contribution in [2.45, 2.75) is 26.7 Å². The van der Waals surface area contributed by atoms with Gasteiger partial charge in [-0.3, -0.25) is 10.1 Å². The van der Waals surface area contributed by atoms with Gasteiger partial charge in [0.2, 0.25) is 11.6 Å². The molecule has 1 rings (SSSR count). The predicted octanol–water partition coefficient (Wildman–Crippen LogP) is 1.64. The van der Waals surface area contributed by atoms with E-state index in [2.05, 4.69) is 20.6 Å². The van der Waals surface area contributed by atoms with Crippen LogP contribution < -0.4 is 10.6 Å². The van der Waals surface area contributed by atoms with Crippen molar-refractivity contribution >= 4 is 17.3 Å². The van der Waals surface area contributed by atoms with Crippen molar-refractivity contribution in [2.24, 2.45) is 5.41 Å². The lowest BCUT2D eigenvalue weighted by Gasteiger charge is -2.24. The summed E-state index contributed by atoms with van der Waals surface area (Å²) in [7, 11) is 1.57. The second-order valence-corrected chi connectivity index (χ2v) is 5.27. The van der Waals surface area contributed by atoms with Crippen LogP contribution in [0.25, 0.3) is 0 Å². The molecule has 0 spiro atoms. The summed E-state index contributed by atoms with van der Waals surface area (Å²) in [4.78, 5) is 18.4. The zero-order chi connectivity index (χ0) is 15.2. The quantitative estimate of drug-likeness (QED) is 0.491. The highest BCUT2D eigenvalue weighted by Crippen LogP contribution is 2.30. The van der Waals surface area contributed by atoms with Gasteiger partial charge in [-0.15, -0.1) is 0 Å². The first-order valence-electron chi connectivity index (χ1n) is 6.43. The first kappa shape index (κ1) is 16.1. The molecule has 0 saturated heterocycles. The number of aromatic nitrogens is 2. The van der Waals surface area contributed by atoms with Crippen LogP contribution in [0.1, 0.15) is 26.7 Å². The van der Waals surface area contributed by atoms with Crippen LogP contribution in [0.2, 0.25) is 0 Å². The monoisotopic (exact) mass is 283 g/mol. The Bertz CT molecular complexity index is 464. The van der Waals surface area contributed by atoms with Crippen molar-refractivity contribution in [1.82, 2.24) is 9.97 Å². The third-order valence-corrected chi connectivity index (χ3v) is 2.99. The lowest BCUT2D eigenvalue weighted by atomic mass is 9.88. The van der Waals surface area contributed by atoms with E-state index in [9.17, 15) is 10.1 Å². The fourth-order valence-corrected chi connectivity index (χ4v) is 1.83. The molecule has 0 aliphatic carbocycles. The third kappa shape index (κ3) is 4.30. The van der Waals surface area contributed by atoms with Crippen LogP contribution in [0.5, 0.6) is 0 Å². The average molecular weight is 283 g/mol. The van der Waals surface area contributed by atoms with E-state index < -0.39 is 4.92 Å². The molecule has 0 radical (unpaired) electrons. The summed E-state index contributed by atoms with van der Waals surface area (Å²) in [5.41, 5.74) is -0.255. The van der Waals surface area contributed by atoms with Crippen LogP contribution in [-0.2, 0) is 0 Å². The Labute approximate surface area is 117 Å². The van der Waals surface area contributed by atoms with Gasteiger partial charge in [-0.1, -0.05) is 13.8 Å². The number of aliphatic hydroxyl groups excluding tert-OH is 1. The molecule has 112 valence electrons. The van der Waals surface area contributed by atoms with Gasteiger partial charge in [0.15, 0.2) is 0 Å². The summed E-state index contributed by atoms with van der Waals surface area (Å²) in [6.07, 6.45) is 2.79. The molecule has 0 atom stereocenters. The summed E-state index contributed by atoms with van der Waals surface area (Å²) in [6, 6.07) is 0. The molecule has 0 fully saturated rings. The molecule has 20 heavy (non-hydrogen) atoms. The number of nitrogens with zero attached hydrogens (tertiary/aromatic N) is 3. The SMILES string of the molecule is CNc1ncnc(NCC(C)(C)CCCO)c1[N+](=O)[O-]. The van der Waals surface area contributed by atoms with Gasteiger partial charge in [-0.05, 0) is 18.3 Å². The van der Waals surface area contributed by atoms with E-state index in [0.717, 1.165) is 6.42 Å². The number of anilines is 2. The predicted molar refractivity (Wildman–Crippen MR) is 76.8 cm³/mol. The maximum Gasteiger partial charge on any atom is 0.353 e. The van der Waals surface area contributed by atoms with E-state index in [4.69, 9.17) is 5.11 Å². The third-order valence-electron chi connectivity index (χ3n) is 2.99. The number of hydrogen-bond donors (Lipinski definition) is 3. The molecule has 1 aromatic heterocycles. The maximum absolute atomic E-state index is 11.1. The molecular formula is C12H21N5O3. The van der Waals surface area contributed by atoms with Crippen LogP contribution in [0.3, 0.4) is 0 Å². The first-order valence-corrected chi connectivity index (χ1v) is 6.43. The van der Waals surface area contributed by atoms with E-state index in [1.54, 1.807) is 7.05 Å². The van der Waals surface area contributed by atoms with Crippen LogP contribution in [0.15, 0.2) is 6.33 Å². The van der Waals surface area contributed by atoms with Crippen LogP contribution >= 0.6 is 0 Å². The lowest BCUT2D eigenvalue weighted by molar-refractivity contribution is -0.383. The second-order valence-electron chi connectivity index (χ2n) is 5.27. The number of nitrogens with one attached hydrogen (secondary N) is 2. The fraction of sp³-hybridized carbons (Fsp3) is 0.667. The maximum atomic E-state index is 11.1. The molecule has 0 aliphatic rings. The van der Waals surface area contributed by atoms with Crippen LogP contribution in [-0.4, -0.2) is 40.2 Å². The molecule has 0 aliphatic heterocycles. The van der Waals surface area contributed by atoms with Crippen molar-refractivity contribution in [3.05, 3.63) is 16.4 Å². The Hall–Kier alpha value is -1.96. The topological polar surface area (TPSA) is 113 Å². The standard InChI is InChI=1S/C12H21N5O3/c1-12(2,5-4-6-18)7-14-11-9(17(19)20)10(13-3)15-8-16-11/h8,18H,4-7H2,1-3H3,(H2,13,14,15,16). The van der Waals surface area contributed by atoms with Gasteiger partial charge >= 0.3 is 5.69 Å². The molecule has 3 N–H and O–H groups in total. The van der Waals surface area contributed by atoms with Gasteiger partial charge in [0, 0.05) is 20.2 Å². The van der Waals surface area contributed by atoms with Gasteiger partial charge in [0.1, 0.15) is 6.33 Å². The normalized spacial score (nSPS) is 11.2. The molecular weight excluding hydrogens is 262 g/mol. The summed E-state index contributed by atoms with van der Waals surface area (Å²) in [5, 5.41) is 25.7. The summed E-state index contributed by atoms with van der Waals surface area (Å²) in [6.45, 7) is 4.72. The van der Waals surface area contributed by atoms with Crippen molar-refractivity contribution in [3.63, 3.8) is 0 Å². The highest BCUT2D eigenvalue weighted by atomic mass is 16.6. The van der Waals surface area contributed by atoms with E-state index in [1.807, 2.05) is 13.8 Å². The molecule has 1 heterocycles. The number of rotatable bonds is 8. The molecule has 0 saturated carbocycles. The summed E-state index contributed by atoms with van der Waals surface area (Å²) < 4.78 is 0. The van der Waals surface area contributed by atoms with E-state index >= 15 is 0 Å². The Balaban J connectivity index is 2.85. The number of hydrogen-bond acceptors (Lipinski definition) is 7. The van der Waals surface area contributed by atoms with Gasteiger partial charge in [-0.2, -0.15) is 0 Å². The van der Waals surface area contributed by atoms with Crippen molar-refractivity contribution in [2.75, 3.05) is 30.8 Å². The zero-order valence-electron chi connectivity index (χ0n) is 12.0. The average Bonchev–Trinajstić information content (AvgIpc) is 2.42. The molecule has 1 aromatic rings. The highest BCUT2D eigenvalue weighted by molar-refractivity contribution is 5.68. The Morgan fingerprint density at radius 3 is 2.60 bits per heavy atom. The lowest BCUT2D eigenvalue weighted by Crippen LogP contribution is -2.24. The molecule has 8 nitrogen and oxygen atoms in total. The van der Waals surface area contributed by atoms with Crippen LogP contribution in [0, 0.1) is 15.5 Å². The van der Waals surface area contributed by atoms with Gasteiger partial charge in [-0.25, -0.2) is 9.97 Å². The summed E-state index contributed by atoms with van der Waals surface area (Å²) >= 11 is 0. The first-order chi connectivity index (χ1) is 9.41. The zero-order valence-corrected chi connectivity index (χ0v) is 12.0. The second kappa shape index (κ2) is 6.99. The minimum absolute atomic E-state index is 0.0959. The minimum Gasteiger partial charge on any atom is -0.396 e. The molecule has 0 unspecified atom stereocenters. The van der Waals surface area contributed by atoms with Gasteiger partial charge in [0.05, 0.1) is 4.92 Å². The minimum atomic E-state index is -0.505. The number of aliphatic hydroxyl groups is 1. The van der Waals surface area contributed by atoms with E-state index in [0.29, 0.717) is 13.0 Å². The van der Waals surface area contributed by atoms with Crippen molar-refractivity contribution in [3.8, 4) is 0 Å². The van der Waals surface area contributed by atoms with Gasteiger partial charge in [0.25, 0.3) is 0 Å². The Morgan fingerprint density at radius 2 is 2.05 bits per heavy atom. The van der Waals surface area contributed by atoms with E-state index in [-0.39, 0.29) is 29.3 Å². The van der Waals surface area contributed by atoms with Crippen molar-refractivity contribution < 1.29 is 10.0 Å².